The lowest BCUT2D eigenvalue weighted by atomic mass is 9.77. The topological polar surface area (TPSA) is 6.48 Å². The molecule has 0 saturated carbocycles. The fourth-order valence-electron chi connectivity index (χ4n) is 13.2. The Morgan fingerprint density at radius 3 is 1.38 bits per heavy atom. The van der Waals surface area contributed by atoms with E-state index in [1.54, 1.807) is 0 Å². The van der Waals surface area contributed by atoms with E-state index in [2.05, 4.69) is 312 Å². The summed E-state index contributed by atoms with van der Waals surface area (Å²) in [4.78, 5) is 4.94. The van der Waals surface area contributed by atoms with Crippen molar-refractivity contribution in [3.63, 3.8) is 0 Å². The molecule has 0 aliphatic heterocycles. The Balaban J connectivity index is 0.674. The zero-order valence-electron chi connectivity index (χ0n) is 46.5. The molecule has 11 aromatic carbocycles. The summed E-state index contributed by atoms with van der Waals surface area (Å²) in [7, 11) is 0. The molecule has 3 aliphatic carbocycles. The zero-order chi connectivity index (χ0) is 54.3. The normalized spacial score (nSPS) is 15.7. The van der Waals surface area contributed by atoms with E-state index in [4.69, 9.17) is 0 Å². The Morgan fingerprint density at radius 1 is 0.362 bits per heavy atom. The minimum Gasteiger partial charge on any atom is -0.334 e. The van der Waals surface area contributed by atoms with Crippen molar-refractivity contribution < 1.29 is 0 Å². The molecule has 80 heavy (non-hydrogen) atoms. The number of nitrogens with zero attached hydrogens (tertiary/aromatic N) is 2. The van der Waals surface area contributed by atoms with Gasteiger partial charge >= 0.3 is 0 Å². The predicted molar refractivity (Wildman–Crippen MR) is 344 cm³/mol. The number of aryl methyl sites for hydroxylation is 2. The van der Waals surface area contributed by atoms with Gasteiger partial charge in [-0.15, -0.1) is 0 Å². The molecule has 0 unspecified atom stereocenters. The van der Waals surface area contributed by atoms with Crippen LogP contribution in [0.3, 0.4) is 0 Å². The standard InChI is InChI=1S/C78H64N2/c1-51-15-31-63(32-16-51)79(65-35-29-57-11-7-9-13-59(57)47-65)67-37-41-71-69-39-25-55(45-73(69)77(3,4)75(71)49-67)21-19-53-23-27-62-44-54(24-28-61(62)43-53)20-22-56-26-40-70-72-42-38-68(50-76(72)78(5,6)74(70)46-56)80(64-33-17-52(2)18-34-64)66-36-30-58-12-8-10-14-60(58)48-66/h7-49,68H,50H2,1-6H3/b21-19+,22-20+/t68-/m1/s1. The summed E-state index contributed by atoms with van der Waals surface area (Å²) in [5.74, 6) is 0. The zero-order valence-corrected chi connectivity index (χ0v) is 46.5. The monoisotopic (exact) mass is 1030 g/mol. The van der Waals surface area contributed by atoms with E-state index >= 15 is 0 Å². The molecule has 1 atom stereocenters. The smallest absolute Gasteiger partial charge is 0.0563 e. The number of hydrogen-bond acceptors (Lipinski definition) is 2. The Kier molecular flexibility index (Phi) is 11.8. The van der Waals surface area contributed by atoms with Crippen molar-refractivity contribution in [1.82, 2.24) is 0 Å². The molecule has 0 amide bonds. The second kappa shape index (κ2) is 19.3. The number of anilines is 5. The number of benzene rings is 11. The van der Waals surface area contributed by atoms with Crippen molar-refractivity contribution in [3.8, 4) is 11.1 Å². The molecule has 0 heterocycles. The average Bonchev–Trinajstić information content (AvgIpc) is 3.88. The first kappa shape index (κ1) is 49.1. The molecule has 0 fully saturated rings. The van der Waals surface area contributed by atoms with Gasteiger partial charge in [0, 0.05) is 39.3 Å². The lowest BCUT2D eigenvalue weighted by Crippen LogP contribution is -2.33. The molecule has 386 valence electrons. The van der Waals surface area contributed by atoms with Crippen LogP contribution < -0.4 is 9.80 Å². The van der Waals surface area contributed by atoms with Crippen LogP contribution in [0, 0.1) is 13.8 Å². The summed E-state index contributed by atoms with van der Waals surface area (Å²) in [6.45, 7) is 13.9. The predicted octanol–water partition coefficient (Wildman–Crippen LogP) is 21.1. The molecule has 14 rings (SSSR count). The maximum atomic E-state index is 2.54. The van der Waals surface area contributed by atoms with Gasteiger partial charge in [0.15, 0.2) is 0 Å². The molecule has 3 aliphatic rings. The van der Waals surface area contributed by atoms with Gasteiger partial charge in [0.25, 0.3) is 0 Å². The molecule has 0 saturated heterocycles. The van der Waals surface area contributed by atoms with Gasteiger partial charge in [-0.05, 0) is 192 Å². The van der Waals surface area contributed by atoms with Crippen LogP contribution in [0.1, 0.15) is 89.8 Å². The van der Waals surface area contributed by atoms with Gasteiger partial charge in [-0.25, -0.2) is 0 Å². The third-order valence-electron chi connectivity index (χ3n) is 17.7. The number of allylic oxidation sites excluding steroid dienone is 2. The quantitative estimate of drug-likeness (QED) is 0.126. The highest BCUT2D eigenvalue weighted by Crippen LogP contribution is 2.53. The molecule has 11 aromatic rings. The van der Waals surface area contributed by atoms with Gasteiger partial charge in [-0.3, -0.25) is 0 Å². The number of hydrogen-bond donors (Lipinski definition) is 0. The molecule has 0 spiro atoms. The van der Waals surface area contributed by atoms with Gasteiger partial charge in [-0.2, -0.15) is 0 Å². The minimum absolute atomic E-state index is 0.104. The first-order valence-electron chi connectivity index (χ1n) is 28.4. The number of rotatable bonds is 10. The van der Waals surface area contributed by atoms with E-state index in [0.717, 1.165) is 23.5 Å². The summed E-state index contributed by atoms with van der Waals surface area (Å²) >= 11 is 0. The number of fused-ring (bicyclic) bond motifs is 8. The van der Waals surface area contributed by atoms with Crippen LogP contribution in [0.2, 0.25) is 0 Å². The second-order valence-corrected chi connectivity index (χ2v) is 23.6. The third kappa shape index (κ3) is 8.68. The molecule has 2 nitrogen and oxygen atoms in total. The van der Waals surface area contributed by atoms with Crippen molar-refractivity contribution >= 4 is 90.6 Å². The van der Waals surface area contributed by atoms with E-state index in [0.29, 0.717) is 0 Å². The van der Waals surface area contributed by atoms with Crippen LogP contribution in [0.25, 0.3) is 73.3 Å². The summed E-state index contributed by atoms with van der Waals surface area (Å²) < 4.78 is 0. The lowest BCUT2D eigenvalue weighted by molar-refractivity contribution is 0.585. The third-order valence-corrected chi connectivity index (χ3v) is 17.7. The van der Waals surface area contributed by atoms with Crippen LogP contribution in [0.5, 0.6) is 0 Å². The van der Waals surface area contributed by atoms with Crippen molar-refractivity contribution in [2.24, 2.45) is 0 Å². The van der Waals surface area contributed by atoms with Crippen molar-refractivity contribution in [2.75, 3.05) is 9.80 Å². The second-order valence-electron chi connectivity index (χ2n) is 23.6. The van der Waals surface area contributed by atoms with Crippen LogP contribution >= 0.6 is 0 Å². The molecule has 0 aromatic heterocycles. The molecule has 0 bridgehead atoms. The van der Waals surface area contributed by atoms with Gasteiger partial charge in [0.2, 0.25) is 0 Å². The van der Waals surface area contributed by atoms with Crippen LogP contribution in [-0.4, -0.2) is 6.04 Å². The van der Waals surface area contributed by atoms with Crippen molar-refractivity contribution in [3.05, 3.63) is 298 Å². The maximum absolute atomic E-state index is 2.54. The highest BCUT2D eigenvalue weighted by Gasteiger charge is 2.41. The van der Waals surface area contributed by atoms with E-state index in [1.165, 1.54) is 122 Å². The summed E-state index contributed by atoms with van der Waals surface area (Å²) in [6.07, 6.45) is 14.9. The largest absolute Gasteiger partial charge is 0.334 e. The van der Waals surface area contributed by atoms with Gasteiger partial charge in [-0.1, -0.05) is 227 Å². The Labute approximate surface area is 471 Å². The summed E-state index contributed by atoms with van der Waals surface area (Å²) in [5.41, 5.74) is 24.0. The Morgan fingerprint density at radius 2 is 0.775 bits per heavy atom. The highest BCUT2D eigenvalue weighted by molar-refractivity contribution is 5.94. The fourth-order valence-corrected chi connectivity index (χ4v) is 13.2. The molecule has 2 heteroatoms. The lowest BCUT2D eigenvalue weighted by Gasteiger charge is -2.37. The SMILES string of the molecule is Cc1ccc(N(c2ccc3c(c2)C(C)(C)c2cc(/C=C/c4ccc5cc(/C=C/c6ccc7c(c6)C(C)(C)C6=C7C=C[C@@H](N(c7ccc(C)cc7)c7ccc8ccccc8c7)C6)ccc5c4)ccc2-3)c2ccc3ccccc3c2)cc1. The van der Waals surface area contributed by atoms with E-state index in [-0.39, 0.29) is 16.9 Å². The Bertz CT molecular complexity index is 4410. The van der Waals surface area contributed by atoms with E-state index in [1.807, 2.05) is 0 Å². The van der Waals surface area contributed by atoms with Gasteiger partial charge < -0.3 is 9.80 Å². The highest BCUT2D eigenvalue weighted by atomic mass is 15.2. The fraction of sp³-hybridized carbons (Fsp3) is 0.128. The van der Waals surface area contributed by atoms with Crippen LogP contribution in [-0.2, 0) is 10.8 Å². The first-order chi connectivity index (χ1) is 38.9. The molecule has 0 N–H and O–H groups in total. The maximum Gasteiger partial charge on any atom is 0.0563 e. The van der Waals surface area contributed by atoms with Gasteiger partial charge in [0.05, 0.1) is 6.04 Å². The van der Waals surface area contributed by atoms with E-state index < -0.39 is 0 Å². The first-order valence-corrected chi connectivity index (χ1v) is 28.4. The van der Waals surface area contributed by atoms with Gasteiger partial charge in [0.1, 0.15) is 0 Å². The van der Waals surface area contributed by atoms with Crippen molar-refractivity contribution in [2.45, 2.75) is 64.8 Å². The van der Waals surface area contributed by atoms with Crippen LogP contribution in [0.15, 0.2) is 242 Å². The molecular weight excluding hydrogens is 965 g/mol. The average molecular weight is 1030 g/mol. The van der Waals surface area contributed by atoms with E-state index in [9.17, 15) is 0 Å². The summed E-state index contributed by atoms with van der Waals surface area (Å²) in [6, 6.07) is 83.8. The molecule has 0 radical (unpaired) electrons. The minimum atomic E-state index is -0.178. The molecular formula is C78H64N2. The van der Waals surface area contributed by atoms with Crippen molar-refractivity contribution in [1.29, 1.82) is 0 Å². The Hall–Kier alpha value is -9.24. The summed E-state index contributed by atoms with van der Waals surface area (Å²) in [5, 5.41) is 7.47. The van der Waals surface area contributed by atoms with Crippen LogP contribution in [0.4, 0.5) is 28.4 Å².